The smallest absolute Gasteiger partial charge is 0.186 e. The standard InChI is InChI=1S/C15H18N2O3S/c1-18-11-3-4-12(14(9-11)19-2)13-10-21-15(16-13)17-5-7-20-8-6-17/h3-4,9-10H,5-8H2,1-2H3. The molecule has 0 aliphatic carbocycles. The normalized spacial score (nSPS) is 15.0. The Bertz CT molecular complexity index is 609. The number of ether oxygens (including phenoxy) is 3. The Morgan fingerprint density at radius 2 is 2.00 bits per heavy atom. The van der Waals surface area contributed by atoms with Crippen molar-refractivity contribution in [2.45, 2.75) is 0 Å². The van der Waals surface area contributed by atoms with Crippen molar-refractivity contribution in [3.63, 3.8) is 0 Å². The molecule has 0 saturated carbocycles. The zero-order valence-corrected chi connectivity index (χ0v) is 13.0. The summed E-state index contributed by atoms with van der Waals surface area (Å²) >= 11 is 1.65. The highest BCUT2D eigenvalue weighted by molar-refractivity contribution is 7.14. The molecule has 0 amide bonds. The van der Waals surface area contributed by atoms with Crippen LogP contribution < -0.4 is 14.4 Å². The summed E-state index contributed by atoms with van der Waals surface area (Å²) in [7, 11) is 3.31. The summed E-state index contributed by atoms with van der Waals surface area (Å²) in [4.78, 5) is 6.99. The molecule has 1 aliphatic rings. The number of aromatic nitrogens is 1. The van der Waals surface area contributed by atoms with E-state index in [-0.39, 0.29) is 0 Å². The van der Waals surface area contributed by atoms with Crippen LogP contribution in [-0.2, 0) is 4.74 Å². The highest BCUT2D eigenvalue weighted by Crippen LogP contribution is 2.35. The third-order valence-electron chi connectivity index (χ3n) is 3.46. The van der Waals surface area contributed by atoms with E-state index >= 15 is 0 Å². The highest BCUT2D eigenvalue weighted by Gasteiger charge is 2.17. The lowest BCUT2D eigenvalue weighted by molar-refractivity contribution is 0.122. The number of hydrogen-bond acceptors (Lipinski definition) is 6. The van der Waals surface area contributed by atoms with Gasteiger partial charge in [-0.2, -0.15) is 0 Å². The maximum absolute atomic E-state index is 5.45. The van der Waals surface area contributed by atoms with Crippen LogP contribution in [0.25, 0.3) is 11.3 Å². The molecular formula is C15H18N2O3S. The third-order valence-corrected chi connectivity index (χ3v) is 4.36. The number of thiazole rings is 1. The summed E-state index contributed by atoms with van der Waals surface area (Å²) < 4.78 is 16.1. The summed E-state index contributed by atoms with van der Waals surface area (Å²) in [6, 6.07) is 5.78. The van der Waals surface area contributed by atoms with Gasteiger partial charge in [-0.05, 0) is 12.1 Å². The zero-order chi connectivity index (χ0) is 14.7. The van der Waals surface area contributed by atoms with Gasteiger partial charge in [0, 0.05) is 30.1 Å². The highest BCUT2D eigenvalue weighted by atomic mass is 32.1. The molecule has 2 heterocycles. The van der Waals surface area contributed by atoms with Crippen molar-refractivity contribution in [1.82, 2.24) is 4.98 Å². The number of morpholine rings is 1. The van der Waals surface area contributed by atoms with Gasteiger partial charge in [0.1, 0.15) is 11.5 Å². The summed E-state index contributed by atoms with van der Waals surface area (Å²) in [5.74, 6) is 1.55. The lowest BCUT2D eigenvalue weighted by Crippen LogP contribution is -2.36. The predicted octanol–water partition coefficient (Wildman–Crippen LogP) is 2.66. The van der Waals surface area contributed by atoms with Gasteiger partial charge < -0.3 is 19.1 Å². The van der Waals surface area contributed by atoms with Crippen molar-refractivity contribution in [3.05, 3.63) is 23.6 Å². The van der Waals surface area contributed by atoms with Crippen LogP contribution in [0.2, 0.25) is 0 Å². The number of nitrogens with zero attached hydrogens (tertiary/aromatic N) is 2. The number of benzene rings is 1. The van der Waals surface area contributed by atoms with Crippen molar-refractivity contribution >= 4 is 16.5 Å². The molecule has 1 aromatic carbocycles. The second-order valence-electron chi connectivity index (χ2n) is 4.68. The maximum Gasteiger partial charge on any atom is 0.186 e. The Hall–Kier alpha value is -1.79. The van der Waals surface area contributed by atoms with Gasteiger partial charge in [-0.1, -0.05) is 0 Å². The van der Waals surface area contributed by atoms with Gasteiger partial charge in [-0.25, -0.2) is 4.98 Å². The van der Waals surface area contributed by atoms with E-state index < -0.39 is 0 Å². The van der Waals surface area contributed by atoms with Gasteiger partial charge in [-0.3, -0.25) is 0 Å². The van der Waals surface area contributed by atoms with Crippen LogP contribution in [0.3, 0.4) is 0 Å². The van der Waals surface area contributed by atoms with E-state index in [0.29, 0.717) is 0 Å². The van der Waals surface area contributed by atoms with Crippen molar-refractivity contribution in [1.29, 1.82) is 0 Å². The molecule has 2 aromatic rings. The first-order chi connectivity index (χ1) is 10.3. The van der Waals surface area contributed by atoms with E-state index in [9.17, 15) is 0 Å². The molecule has 112 valence electrons. The summed E-state index contributed by atoms with van der Waals surface area (Å²) in [6.45, 7) is 3.32. The first kappa shape index (κ1) is 14.2. The zero-order valence-electron chi connectivity index (χ0n) is 12.2. The molecule has 0 bridgehead atoms. The van der Waals surface area contributed by atoms with Crippen molar-refractivity contribution < 1.29 is 14.2 Å². The second-order valence-corrected chi connectivity index (χ2v) is 5.52. The van der Waals surface area contributed by atoms with E-state index in [0.717, 1.165) is 54.2 Å². The number of anilines is 1. The van der Waals surface area contributed by atoms with E-state index in [1.54, 1.807) is 25.6 Å². The van der Waals surface area contributed by atoms with Crippen molar-refractivity contribution in [2.75, 3.05) is 45.4 Å². The third kappa shape index (κ3) is 2.96. The first-order valence-corrected chi connectivity index (χ1v) is 7.70. The topological polar surface area (TPSA) is 43.8 Å². The van der Waals surface area contributed by atoms with Crippen molar-refractivity contribution in [2.24, 2.45) is 0 Å². The van der Waals surface area contributed by atoms with Crippen LogP contribution >= 0.6 is 11.3 Å². The fourth-order valence-electron chi connectivity index (χ4n) is 2.30. The van der Waals surface area contributed by atoms with Crippen LogP contribution in [0.15, 0.2) is 23.6 Å². The van der Waals surface area contributed by atoms with Crippen molar-refractivity contribution in [3.8, 4) is 22.8 Å². The number of methoxy groups -OCH3 is 2. The summed E-state index contributed by atoms with van der Waals surface area (Å²) in [6.07, 6.45) is 0. The Morgan fingerprint density at radius 3 is 2.71 bits per heavy atom. The molecule has 6 heteroatoms. The lowest BCUT2D eigenvalue weighted by Gasteiger charge is -2.26. The van der Waals surface area contributed by atoms with E-state index in [2.05, 4.69) is 10.3 Å². The Kier molecular flexibility index (Phi) is 4.26. The van der Waals surface area contributed by atoms with Gasteiger partial charge in [0.15, 0.2) is 5.13 Å². The quantitative estimate of drug-likeness (QED) is 0.869. The predicted molar refractivity (Wildman–Crippen MR) is 83.7 cm³/mol. The Morgan fingerprint density at radius 1 is 1.19 bits per heavy atom. The number of rotatable bonds is 4. The molecule has 1 fully saturated rings. The lowest BCUT2D eigenvalue weighted by atomic mass is 10.1. The SMILES string of the molecule is COc1ccc(-c2csc(N3CCOCC3)n2)c(OC)c1. The van der Waals surface area contributed by atoms with Crippen LogP contribution in [0.1, 0.15) is 0 Å². The van der Waals surface area contributed by atoms with Crippen LogP contribution in [0.4, 0.5) is 5.13 Å². The largest absolute Gasteiger partial charge is 0.497 e. The Labute approximate surface area is 128 Å². The molecule has 0 radical (unpaired) electrons. The molecule has 0 atom stereocenters. The average Bonchev–Trinajstić information content (AvgIpc) is 3.04. The minimum absolute atomic E-state index is 0.765. The monoisotopic (exact) mass is 306 g/mol. The van der Waals surface area contributed by atoms with Gasteiger partial charge in [0.2, 0.25) is 0 Å². The summed E-state index contributed by atoms with van der Waals surface area (Å²) in [5, 5.41) is 3.10. The second kappa shape index (κ2) is 6.32. The molecule has 5 nitrogen and oxygen atoms in total. The number of hydrogen-bond donors (Lipinski definition) is 0. The van der Waals surface area contributed by atoms with Crippen LogP contribution in [0.5, 0.6) is 11.5 Å². The van der Waals surface area contributed by atoms with E-state index in [1.165, 1.54) is 0 Å². The Balaban J connectivity index is 1.88. The fourth-order valence-corrected chi connectivity index (χ4v) is 3.18. The van der Waals surface area contributed by atoms with Crippen LogP contribution in [-0.4, -0.2) is 45.5 Å². The molecule has 1 saturated heterocycles. The van der Waals surface area contributed by atoms with Gasteiger partial charge >= 0.3 is 0 Å². The molecule has 0 N–H and O–H groups in total. The van der Waals surface area contributed by atoms with E-state index in [4.69, 9.17) is 19.2 Å². The molecule has 0 unspecified atom stereocenters. The van der Waals surface area contributed by atoms with Crippen LogP contribution in [0, 0.1) is 0 Å². The minimum atomic E-state index is 0.765. The molecule has 1 aromatic heterocycles. The minimum Gasteiger partial charge on any atom is -0.497 e. The summed E-state index contributed by atoms with van der Waals surface area (Å²) in [5.41, 5.74) is 1.91. The average molecular weight is 306 g/mol. The fraction of sp³-hybridized carbons (Fsp3) is 0.400. The maximum atomic E-state index is 5.45. The molecule has 0 spiro atoms. The van der Waals surface area contributed by atoms with Gasteiger partial charge in [0.05, 0.1) is 33.1 Å². The van der Waals surface area contributed by atoms with Gasteiger partial charge in [0.25, 0.3) is 0 Å². The van der Waals surface area contributed by atoms with E-state index in [1.807, 2.05) is 18.2 Å². The van der Waals surface area contributed by atoms with Gasteiger partial charge in [-0.15, -0.1) is 11.3 Å². The first-order valence-electron chi connectivity index (χ1n) is 6.82. The molecule has 1 aliphatic heterocycles. The molecular weight excluding hydrogens is 288 g/mol. The molecule has 3 rings (SSSR count). The molecule has 21 heavy (non-hydrogen) atoms.